The number of hydrogen-bond acceptors (Lipinski definition) is 4. The van der Waals surface area contributed by atoms with Crippen LogP contribution in [0.4, 0.5) is 0 Å². The Hall–Kier alpha value is -3.05. The van der Waals surface area contributed by atoms with Gasteiger partial charge in [0.15, 0.2) is 5.65 Å². The molecular formula is C20H16N4O. The minimum absolute atomic E-state index is 0.667. The highest BCUT2D eigenvalue weighted by Crippen LogP contribution is 2.29. The van der Waals surface area contributed by atoms with E-state index in [0.29, 0.717) is 13.2 Å². The molecule has 1 aliphatic rings. The maximum atomic E-state index is 5.51. The zero-order valence-electron chi connectivity index (χ0n) is 13.6. The van der Waals surface area contributed by atoms with Crippen molar-refractivity contribution in [1.29, 1.82) is 0 Å². The first-order valence-electron chi connectivity index (χ1n) is 8.28. The fraction of sp³-hybridized carbons (Fsp3) is 0.150. The lowest BCUT2D eigenvalue weighted by Gasteiger charge is -2.06. The fourth-order valence-corrected chi connectivity index (χ4v) is 3.31. The smallest absolute Gasteiger partial charge is 0.164 e. The van der Waals surface area contributed by atoms with Crippen LogP contribution in [-0.4, -0.2) is 19.5 Å². The van der Waals surface area contributed by atoms with Crippen molar-refractivity contribution in [2.75, 3.05) is 0 Å². The predicted molar refractivity (Wildman–Crippen MR) is 94.8 cm³/mol. The standard InChI is InChI=1S/C20H16N4O/c1-2-4-14(5-3-1)9-24-13-23-19-18(21-12-22-20(19)24)15-6-7-16-10-25-11-17(16)8-15/h1-8,12-13H,9-11H2. The van der Waals surface area contributed by atoms with Crippen LogP contribution in [0.15, 0.2) is 61.2 Å². The van der Waals surface area contributed by atoms with E-state index >= 15 is 0 Å². The summed E-state index contributed by atoms with van der Waals surface area (Å²) < 4.78 is 7.57. The van der Waals surface area contributed by atoms with Crippen LogP contribution in [0.1, 0.15) is 16.7 Å². The maximum absolute atomic E-state index is 5.51. The topological polar surface area (TPSA) is 52.8 Å². The molecule has 0 amide bonds. The average Bonchev–Trinajstić information content (AvgIpc) is 3.29. The molecule has 5 rings (SSSR count). The zero-order valence-corrected chi connectivity index (χ0v) is 13.6. The molecule has 0 unspecified atom stereocenters. The summed E-state index contributed by atoms with van der Waals surface area (Å²) in [7, 11) is 0. The molecule has 2 aromatic heterocycles. The molecule has 0 fully saturated rings. The minimum Gasteiger partial charge on any atom is -0.372 e. The van der Waals surface area contributed by atoms with Crippen molar-refractivity contribution in [2.24, 2.45) is 0 Å². The normalized spacial score (nSPS) is 13.3. The molecule has 0 spiro atoms. The highest BCUT2D eigenvalue weighted by molar-refractivity contribution is 5.87. The number of fused-ring (bicyclic) bond motifs is 2. The molecule has 0 atom stereocenters. The molecule has 122 valence electrons. The van der Waals surface area contributed by atoms with Gasteiger partial charge in [0.1, 0.15) is 17.5 Å². The Kier molecular flexibility index (Phi) is 3.31. The third-order valence-corrected chi connectivity index (χ3v) is 4.59. The summed E-state index contributed by atoms with van der Waals surface area (Å²) in [6.07, 6.45) is 3.46. The van der Waals surface area contributed by atoms with Crippen molar-refractivity contribution < 1.29 is 4.74 Å². The van der Waals surface area contributed by atoms with Crippen LogP contribution in [0.5, 0.6) is 0 Å². The Morgan fingerprint density at radius 3 is 2.72 bits per heavy atom. The van der Waals surface area contributed by atoms with Crippen LogP contribution in [0.2, 0.25) is 0 Å². The van der Waals surface area contributed by atoms with Crippen molar-refractivity contribution in [3.63, 3.8) is 0 Å². The number of benzene rings is 2. The summed E-state index contributed by atoms with van der Waals surface area (Å²) in [6.45, 7) is 2.10. The number of imidazole rings is 1. The first kappa shape index (κ1) is 14.3. The zero-order chi connectivity index (χ0) is 16.6. The first-order valence-corrected chi connectivity index (χ1v) is 8.28. The molecule has 2 aromatic carbocycles. The summed E-state index contributed by atoms with van der Waals surface area (Å²) in [5, 5.41) is 0. The second-order valence-electron chi connectivity index (χ2n) is 6.23. The van der Waals surface area contributed by atoms with Gasteiger partial charge in [-0.15, -0.1) is 0 Å². The molecule has 0 saturated carbocycles. The largest absolute Gasteiger partial charge is 0.372 e. The Morgan fingerprint density at radius 2 is 1.80 bits per heavy atom. The molecule has 0 N–H and O–H groups in total. The van der Waals surface area contributed by atoms with E-state index in [1.807, 2.05) is 24.5 Å². The Labute approximate surface area is 145 Å². The maximum Gasteiger partial charge on any atom is 0.164 e. The third-order valence-electron chi connectivity index (χ3n) is 4.59. The van der Waals surface area contributed by atoms with E-state index in [9.17, 15) is 0 Å². The molecule has 0 bridgehead atoms. The summed E-state index contributed by atoms with van der Waals surface area (Å²) >= 11 is 0. The van der Waals surface area contributed by atoms with E-state index in [1.165, 1.54) is 16.7 Å². The molecule has 5 heteroatoms. The Morgan fingerprint density at radius 1 is 0.920 bits per heavy atom. The van der Waals surface area contributed by atoms with Gasteiger partial charge in [0.25, 0.3) is 0 Å². The van der Waals surface area contributed by atoms with Gasteiger partial charge in [-0.3, -0.25) is 0 Å². The van der Waals surface area contributed by atoms with Gasteiger partial charge >= 0.3 is 0 Å². The molecular weight excluding hydrogens is 312 g/mol. The Balaban J connectivity index is 1.59. The second kappa shape index (κ2) is 5.79. The van der Waals surface area contributed by atoms with E-state index < -0.39 is 0 Å². The van der Waals surface area contributed by atoms with Crippen molar-refractivity contribution >= 4 is 11.2 Å². The lowest BCUT2D eigenvalue weighted by atomic mass is 10.0. The molecule has 0 radical (unpaired) electrons. The lowest BCUT2D eigenvalue weighted by Crippen LogP contribution is -1.99. The van der Waals surface area contributed by atoms with Crippen LogP contribution >= 0.6 is 0 Å². The molecule has 3 heterocycles. The van der Waals surface area contributed by atoms with Gasteiger partial charge in [-0.25, -0.2) is 15.0 Å². The average molecular weight is 328 g/mol. The molecule has 25 heavy (non-hydrogen) atoms. The highest BCUT2D eigenvalue weighted by atomic mass is 16.5. The number of rotatable bonds is 3. The minimum atomic E-state index is 0.667. The van der Waals surface area contributed by atoms with Gasteiger partial charge in [-0.1, -0.05) is 42.5 Å². The number of nitrogens with zero attached hydrogens (tertiary/aromatic N) is 4. The van der Waals surface area contributed by atoms with E-state index in [0.717, 1.165) is 29.0 Å². The van der Waals surface area contributed by atoms with Crippen molar-refractivity contribution in [3.05, 3.63) is 77.9 Å². The number of ether oxygens (including phenoxy) is 1. The summed E-state index contributed by atoms with van der Waals surface area (Å²) in [6, 6.07) is 16.7. The van der Waals surface area contributed by atoms with Gasteiger partial charge in [0, 0.05) is 5.56 Å². The fourth-order valence-electron chi connectivity index (χ4n) is 3.31. The van der Waals surface area contributed by atoms with E-state index in [2.05, 4.69) is 49.9 Å². The molecule has 0 aliphatic carbocycles. The number of hydrogen-bond donors (Lipinski definition) is 0. The Bertz CT molecular complexity index is 1060. The van der Waals surface area contributed by atoms with E-state index in [1.54, 1.807) is 6.33 Å². The van der Waals surface area contributed by atoms with Gasteiger partial charge in [-0.05, 0) is 22.8 Å². The van der Waals surface area contributed by atoms with E-state index in [4.69, 9.17) is 4.74 Å². The summed E-state index contributed by atoms with van der Waals surface area (Å²) in [4.78, 5) is 13.5. The molecule has 4 aromatic rings. The van der Waals surface area contributed by atoms with Gasteiger partial charge in [-0.2, -0.15) is 0 Å². The van der Waals surface area contributed by atoms with Gasteiger partial charge < -0.3 is 9.30 Å². The van der Waals surface area contributed by atoms with E-state index in [-0.39, 0.29) is 0 Å². The number of aromatic nitrogens is 4. The predicted octanol–water partition coefficient (Wildman–Crippen LogP) is 3.57. The van der Waals surface area contributed by atoms with Crippen LogP contribution in [0.25, 0.3) is 22.4 Å². The monoisotopic (exact) mass is 328 g/mol. The summed E-state index contributed by atoms with van der Waals surface area (Å²) in [5.41, 5.74) is 7.31. The van der Waals surface area contributed by atoms with Crippen LogP contribution in [0, 0.1) is 0 Å². The quantitative estimate of drug-likeness (QED) is 0.577. The van der Waals surface area contributed by atoms with Gasteiger partial charge in [0.2, 0.25) is 0 Å². The third kappa shape index (κ3) is 2.49. The molecule has 5 nitrogen and oxygen atoms in total. The molecule has 0 saturated heterocycles. The SMILES string of the molecule is c1ccc(Cn2cnc3c(-c4ccc5c(c4)COC5)ncnc32)cc1. The molecule has 1 aliphatic heterocycles. The lowest BCUT2D eigenvalue weighted by molar-refractivity contribution is 0.134. The van der Waals surface area contributed by atoms with Crippen molar-refractivity contribution in [3.8, 4) is 11.3 Å². The van der Waals surface area contributed by atoms with Crippen LogP contribution < -0.4 is 0 Å². The highest BCUT2D eigenvalue weighted by Gasteiger charge is 2.16. The second-order valence-corrected chi connectivity index (χ2v) is 6.23. The first-order chi connectivity index (χ1) is 12.4. The van der Waals surface area contributed by atoms with Crippen LogP contribution in [-0.2, 0) is 24.5 Å². The van der Waals surface area contributed by atoms with Crippen molar-refractivity contribution in [1.82, 2.24) is 19.5 Å². The summed E-state index contributed by atoms with van der Waals surface area (Å²) in [5.74, 6) is 0. The van der Waals surface area contributed by atoms with Crippen molar-refractivity contribution in [2.45, 2.75) is 19.8 Å². The van der Waals surface area contributed by atoms with Gasteiger partial charge in [0.05, 0.1) is 26.1 Å². The van der Waals surface area contributed by atoms with Crippen LogP contribution in [0.3, 0.4) is 0 Å².